The van der Waals surface area contributed by atoms with Crippen molar-refractivity contribution in [1.29, 1.82) is 0 Å². The zero-order valence-electron chi connectivity index (χ0n) is 12.3. The first kappa shape index (κ1) is 21.0. The number of rotatable bonds is 0. The summed E-state index contributed by atoms with van der Waals surface area (Å²) >= 11 is -1.66. The van der Waals surface area contributed by atoms with Crippen LogP contribution in [0, 0.1) is 0 Å². The van der Waals surface area contributed by atoms with Crippen molar-refractivity contribution in [3.63, 3.8) is 0 Å². The Morgan fingerprint density at radius 2 is 0.650 bits per heavy atom. The summed E-state index contributed by atoms with van der Waals surface area (Å²) in [6.45, 7) is 0. The maximum absolute atomic E-state index is 4.94. The molecule has 0 radical (unpaired) electrons. The molecule has 0 heterocycles. The molecule has 0 bridgehead atoms. The van der Waals surface area contributed by atoms with E-state index >= 15 is 0 Å². The van der Waals surface area contributed by atoms with Crippen LogP contribution in [0.2, 0.25) is 0 Å². The topological polar surface area (TPSA) is 0 Å². The Kier molecular flexibility index (Phi) is 18.9. The molecule has 2 aliphatic rings. The molecule has 0 atom stereocenters. The van der Waals surface area contributed by atoms with E-state index in [4.69, 9.17) is 29.1 Å². The molecule has 0 aromatic heterocycles. The Morgan fingerprint density at radius 3 is 0.850 bits per heavy atom. The van der Waals surface area contributed by atoms with Gasteiger partial charge in [-0.25, -0.2) is 0 Å². The predicted octanol–water partition coefficient (Wildman–Crippen LogP) is 7.86. The van der Waals surface area contributed by atoms with Crippen LogP contribution >= 0.6 is 29.1 Å². The van der Waals surface area contributed by atoms with Crippen LogP contribution in [-0.2, 0) is 13.0 Å². The normalized spacial score (nSPS) is 19.9. The molecule has 0 unspecified atom stereocenters. The molecule has 0 saturated heterocycles. The minimum absolute atomic E-state index is 1.32. The van der Waals surface area contributed by atoms with E-state index in [2.05, 4.69) is 24.3 Å². The first-order valence-corrected chi connectivity index (χ1v) is 14.0. The van der Waals surface area contributed by atoms with E-state index in [0.717, 1.165) is 0 Å². The molecule has 0 spiro atoms. The van der Waals surface area contributed by atoms with Gasteiger partial charge in [-0.3, -0.25) is 0 Å². The molecule has 0 amide bonds. The summed E-state index contributed by atoms with van der Waals surface area (Å²) < 4.78 is 0. The molecule has 0 nitrogen and oxygen atoms in total. The van der Waals surface area contributed by atoms with Gasteiger partial charge >= 0.3 is 42.1 Å². The van der Waals surface area contributed by atoms with Gasteiger partial charge in [-0.1, -0.05) is 50.0 Å². The van der Waals surface area contributed by atoms with Crippen molar-refractivity contribution in [2.24, 2.45) is 0 Å². The maximum atomic E-state index is 4.94. The van der Waals surface area contributed by atoms with Gasteiger partial charge in [0.05, 0.1) is 0 Å². The van der Waals surface area contributed by atoms with Gasteiger partial charge in [0.25, 0.3) is 0 Å². The second-order valence-corrected chi connectivity index (χ2v) is 12.5. The first-order valence-electron chi connectivity index (χ1n) is 7.68. The van der Waals surface area contributed by atoms with Gasteiger partial charge in [0.1, 0.15) is 0 Å². The van der Waals surface area contributed by atoms with Gasteiger partial charge in [-0.15, -0.1) is 0 Å². The Balaban J connectivity index is 0.000000289. The van der Waals surface area contributed by atoms with Crippen molar-refractivity contribution < 1.29 is 13.0 Å². The Hall–Kier alpha value is 0.973. The van der Waals surface area contributed by atoms with Gasteiger partial charge in [-0.2, -0.15) is 0 Å². The molecule has 4 heteroatoms. The van der Waals surface area contributed by atoms with Crippen molar-refractivity contribution in [1.82, 2.24) is 0 Å². The fraction of sp³-hybridized carbons (Fsp3) is 0.750. The molecule has 0 aromatic carbocycles. The van der Waals surface area contributed by atoms with Gasteiger partial charge < -0.3 is 0 Å². The minimum atomic E-state index is -1.66. The van der Waals surface area contributed by atoms with E-state index in [0.29, 0.717) is 0 Å². The van der Waals surface area contributed by atoms with Crippen molar-refractivity contribution in [3.8, 4) is 0 Å². The van der Waals surface area contributed by atoms with Gasteiger partial charge in [0.2, 0.25) is 0 Å². The van der Waals surface area contributed by atoms with Crippen LogP contribution in [0.1, 0.15) is 77.0 Å². The average molecular weight is 430 g/mol. The zero-order valence-corrected chi connectivity index (χ0v) is 16.2. The number of allylic oxidation sites excluding steroid dienone is 4. The Bertz CT molecular complexity index is 195. The fourth-order valence-electron chi connectivity index (χ4n) is 2.23. The van der Waals surface area contributed by atoms with Crippen LogP contribution in [0.15, 0.2) is 24.3 Å². The van der Waals surface area contributed by atoms with Crippen molar-refractivity contribution in [3.05, 3.63) is 24.3 Å². The summed E-state index contributed by atoms with van der Waals surface area (Å²) in [7, 11) is 14.8. The molecule has 0 fully saturated rings. The molecule has 0 saturated carbocycles. The standard InChI is InChI=1S/2C8H14.3ClH.Rh/c2*1-2-4-6-8-7-5-3-1;;;;/h2*1-2H,3-8H2;3*1H;/q;;;;;+3/p-3. The number of hydrogen-bond donors (Lipinski definition) is 0. The Labute approximate surface area is 143 Å². The Morgan fingerprint density at radius 1 is 0.450 bits per heavy atom. The van der Waals surface area contributed by atoms with E-state index in [1.165, 1.54) is 77.0 Å². The van der Waals surface area contributed by atoms with Crippen LogP contribution in [0.4, 0.5) is 0 Å². The van der Waals surface area contributed by atoms with Crippen molar-refractivity contribution in [2.45, 2.75) is 77.0 Å². The van der Waals surface area contributed by atoms with Crippen LogP contribution in [0.5, 0.6) is 0 Å². The molecule has 2 aliphatic carbocycles. The SMILES string of the molecule is C1=CCCCCCC1.C1=CCCCCCC1.[Cl][Rh]([Cl])[Cl]. The molecular formula is C16H28Cl3Rh. The summed E-state index contributed by atoms with van der Waals surface area (Å²) in [5, 5.41) is 0. The van der Waals surface area contributed by atoms with E-state index in [9.17, 15) is 0 Å². The first-order chi connectivity index (χ1) is 9.73. The van der Waals surface area contributed by atoms with Gasteiger partial charge in [0, 0.05) is 0 Å². The predicted molar refractivity (Wildman–Crippen MR) is 91.2 cm³/mol. The zero-order chi connectivity index (χ0) is 14.9. The van der Waals surface area contributed by atoms with E-state index in [1.807, 2.05) is 0 Å². The summed E-state index contributed by atoms with van der Waals surface area (Å²) in [5.41, 5.74) is 0. The van der Waals surface area contributed by atoms with Gasteiger partial charge in [-0.05, 0) is 51.4 Å². The monoisotopic (exact) mass is 428 g/mol. The molecule has 20 heavy (non-hydrogen) atoms. The second-order valence-electron chi connectivity index (χ2n) is 5.07. The molecule has 2 rings (SSSR count). The van der Waals surface area contributed by atoms with Crippen LogP contribution in [-0.4, -0.2) is 0 Å². The van der Waals surface area contributed by atoms with E-state index in [1.54, 1.807) is 0 Å². The third-order valence-corrected chi connectivity index (χ3v) is 3.32. The fourth-order valence-corrected chi connectivity index (χ4v) is 2.23. The molecular weight excluding hydrogens is 401 g/mol. The van der Waals surface area contributed by atoms with Crippen LogP contribution in [0.25, 0.3) is 0 Å². The third kappa shape index (κ3) is 21.3. The summed E-state index contributed by atoms with van der Waals surface area (Å²) in [6, 6.07) is 0. The molecule has 0 aliphatic heterocycles. The third-order valence-electron chi connectivity index (χ3n) is 3.32. The van der Waals surface area contributed by atoms with Crippen molar-refractivity contribution >= 4 is 29.1 Å². The molecule has 122 valence electrons. The summed E-state index contributed by atoms with van der Waals surface area (Å²) in [4.78, 5) is 0. The average Bonchev–Trinajstić information content (AvgIpc) is 2.26. The van der Waals surface area contributed by atoms with E-state index in [-0.39, 0.29) is 0 Å². The van der Waals surface area contributed by atoms with E-state index < -0.39 is 13.0 Å². The van der Waals surface area contributed by atoms with Gasteiger partial charge in [0.15, 0.2) is 0 Å². The van der Waals surface area contributed by atoms with Crippen LogP contribution in [0.3, 0.4) is 0 Å². The number of halogens is 3. The quantitative estimate of drug-likeness (QED) is 0.271. The molecule has 0 N–H and O–H groups in total. The number of hydrogen-bond acceptors (Lipinski definition) is 0. The second kappa shape index (κ2) is 18.0. The summed E-state index contributed by atoms with van der Waals surface area (Å²) in [6.07, 6.45) is 26.0. The summed E-state index contributed by atoms with van der Waals surface area (Å²) in [5.74, 6) is 0. The van der Waals surface area contributed by atoms with Crippen molar-refractivity contribution in [2.75, 3.05) is 0 Å². The molecule has 0 aromatic rings. The van der Waals surface area contributed by atoms with Crippen LogP contribution < -0.4 is 0 Å².